The molecule has 18 heavy (non-hydrogen) atoms. The molecule has 0 saturated carbocycles. The molecule has 4 heteroatoms. The van der Waals surface area contributed by atoms with Crippen LogP contribution in [0.25, 0.3) is 0 Å². The SMILES string of the molecule is COc1ccc(C(=O)c2ccc(CBr)cn2)cc1. The molecule has 2 rings (SSSR count). The van der Waals surface area contributed by atoms with Crippen LogP contribution < -0.4 is 4.74 Å². The van der Waals surface area contributed by atoms with E-state index in [1.807, 2.05) is 6.07 Å². The lowest BCUT2D eigenvalue weighted by molar-refractivity contribution is 0.103. The maximum absolute atomic E-state index is 12.1. The second kappa shape index (κ2) is 5.78. The smallest absolute Gasteiger partial charge is 0.211 e. The Morgan fingerprint density at radius 1 is 1.22 bits per heavy atom. The van der Waals surface area contributed by atoms with Gasteiger partial charge in [0.1, 0.15) is 11.4 Å². The molecular formula is C14H12BrNO2. The summed E-state index contributed by atoms with van der Waals surface area (Å²) in [4.78, 5) is 16.3. The van der Waals surface area contributed by atoms with Gasteiger partial charge in [0.05, 0.1) is 7.11 Å². The summed E-state index contributed by atoms with van der Waals surface area (Å²) in [6, 6.07) is 10.6. The standard InChI is InChI=1S/C14H12BrNO2/c1-18-12-5-3-11(4-6-12)14(17)13-7-2-10(8-15)9-16-13/h2-7,9H,8H2,1H3. The van der Waals surface area contributed by atoms with Crippen molar-refractivity contribution in [2.24, 2.45) is 0 Å². The minimum absolute atomic E-state index is 0.0845. The fraction of sp³-hybridized carbons (Fsp3) is 0.143. The molecule has 1 heterocycles. The van der Waals surface area contributed by atoms with E-state index in [-0.39, 0.29) is 5.78 Å². The van der Waals surface area contributed by atoms with Gasteiger partial charge in [-0.2, -0.15) is 0 Å². The normalized spacial score (nSPS) is 10.1. The Balaban J connectivity index is 2.23. The Kier molecular flexibility index (Phi) is 4.10. The molecule has 0 radical (unpaired) electrons. The van der Waals surface area contributed by atoms with Crippen LogP contribution in [0, 0.1) is 0 Å². The highest BCUT2D eigenvalue weighted by molar-refractivity contribution is 9.08. The number of carbonyl (C=O) groups is 1. The first kappa shape index (κ1) is 12.8. The molecule has 0 aliphatic rings. The summed E-state index contributed by atoms with van der Waals surface area (Å²) in [5.41, 5.74) is 2.10. The molecule has 0 N–H and O–H groups in total. The molecular weight excluding hydrogens is 294 g/mol. The Morgan fingerprint density at radius 2 is 1.94 bits per heavy atom. The van der Waals surface area contributed by atoms with E-state index in [0.717, 1.165) is 16.6 Å². The third-order valence-electron chi connectivity index (χ3n) is 2.56. The summed E-state index contributed by atoms with van der Waals surface area (Å²) >= 11 is 3.34. The number of benzene rings is 1. The van der Waals surface area contributed by atoms with Crippen molar-refractivity contribution in [1.82, 2.24) is 4.98 Å². The molecule has 92 valence electrons. The molecule has 3 nitrogen and oxygen atoms in total. The van der Waals surface area contributed by atoms with Crippen LogP contribution in [-0.2, 0) is 5.33 Å². The summed E-state index contributed by atoms with van der Waals surface area (Å²) in [5.74, 6) is 0.646. The zero-order chi connectivity index (χ0) is 13.0. The molecule has 0 spiro atoms. The first-order chi connectivity index (χ1) is 8.74. The van der Waals surface area contributed by atoms with E-state index >= 15 is 0 Å². The van der Waals surface area contributed by atoms with Gasteiger partial charge < -0.3 is 4.74 Å². The van der Waals surface area contributed by atoms with Gasteiger partial charge >= 0.3 is 0 Å². The number of ketones is 1. The quantitative estimate of drug-likeness (QED) is 0.643. The number of methoxy groups -OCH3 is 1. The molecule has 0 aliphatic heterocycles. The number of ether oxygens (including phenoxy) is 1. The average Bonchev–Trinajstić information content (AvgIpc) is 2.47. The van der Waals surface area contributed by atoms with Gasteiger partial charge in [0.2, 0.25) is 5.78 Å². The molecule has 0 fully saturated rings. The van der Waals surface area contributed by atoms with Gasteiger partial charge in [-0.3, -0.25) is 9.78 Å². The lowest BCUT2D eigenvalue weighted by Gasteiger charge is -2.03. The number of aromatic nitrogens is 1. The first-order valence-electron chi connectivity index (χ1n) is 5.44. The number of rotatable bonds is 4. The maximum Gasteiger partial charge on any atom is 0.211 e. The minimum Gasteiger partial charge on any atom is -0.497 e. The Bertz CT molecular complexity index is 485. The minimum atomic E-state index is -0.0845. The van der Waals surface area contributed by atoms with E-state index in [0.29, 0.717) is 11.3 Å². The van der Waals surface area contributed by atoms with Crippen molar-refractivity contribution in [2.45, 2.75) is 5.33 Å². The molecule has 0 atom stereocenters. The third-order valence-corrected chi connectivity index (χ3v) is 3.21. The number of nitrogens with zero attached hydrogens (tertiary/aromatic N) is 1. The zero-order valence-corrected chi connectivity index (χ0v) is 11.5. The van der Waals surface area contributed by atoms with Crippen molar-refractivity contribution in [2.75, 3.05) is 7.11 Å². The summed E-state index contributed by atoms with van der Waals surface area (Å²) < 4.78 is 5.05. The van der Waals surface area contributed by atoms with E-state index < -0.39 is 0 Å². The number of alkyl halides is 1. The Hall–Kier alpha value is -1.68. The van der Waals surface area contributed by atoms with Gasteiger partial charge in [0, 0.05) is 17.1 Å². The zero-order valence-electron chi connectivity index (χ0n) is 9.89. The van der Waals surface area contributed by atoms with Crippen LogP contribution >= 0.6 is 15.9 Å². The predicted molar refractivity (Wildman–Crippen MR) is 73.3 cm³/mol. The highest BCUT2D eigenvalue weighted by Gasteiger charge is 2.10. The fourth-order valence-electron chi connectivity index (χ4n) is 1.53. The molecule has 0 aliphatic carbocycles. The van der Waals surface area contributed by atoms with Crippen molar-refractivity contribution >= 4 is 21.7 Å². The van der Waals surface area contributed by atoms with Crippen LogP contribution in [0.4, 0.5) is 0 Å². The Labute approximate surface area is 114 Å². The van der Waals surface area contributed by atoms with Crippen molar-refractivity contribution in [3.63, 3.8) is 0 Å². The molecule has 0 amide bonds. The summed E-state index contributed by atoms with van der Waals surface area (Å²) in [6.07, 6.45) is 1.70. The number of hydrogen-bond acceptors (Lipinski definition) is 3. The van der Waals surface area contributed by atoms with Crippen LogP contribution in [0.1, 0.15) is 21.6 Å². The Morgan fingerprint density at radius 3 is 2.44 bits per heavy atom. The van der Waals surface area contributed by atoms with Crippen LogP contribution in [0.3, 0.4) is 0 Å². The highest BCUT2D eigenvalue weighted by atomic mass is 79.9. The summed E-state index contributed by atoms with van der Waals surface area (Å²) in [7, 11) is 1.59. The topological polar surface area (TPSA) is 39.2 Å². The number of halogens is 1. The monoisotopic (exact) mass is 305 g/mol. The second-order valence-electron chi connectivity index (χ2n) is 3.74. The van der Waals surface area contributed by atoms with Gasteiger partial charge in [-0.1, -0.05) is 22.0 Å². The molecule has 0 unspecified atom stereocenters. The number of pyridine rings is 1. The number of hydrogen-bond donors (Lipinski definition) is 0. The first-order valence-corrected chi connectivity index (χ1v) is 6.56. The fourth-order valence-corrected chi connectivity index (χ4v) is 1.86. The molecule has 0 saturated heterocycles. The second-order valence-corrected chi connectivity index (χ2v) is 4.30. The van der Waals surface area contributed by atoms with Gasteiger partial charge in [0.25, 0.3) is 0 Å². The average molecular weight is 306 g/mol. The molecule has 1 aromatic carbocycles. The van der Waals surface area contributed by atoms with Gasteiger partial charge in [-0.25, -0.2) is 0 Å². The lowest BCUT2D eigenvalue weighted by Crippen LogP contribution is -2.04. The van der Waals surface area contributed by atoms with Gasteiger partial charge in [-0.05, 0) is 35.9 Å². The number of carbonyl (C=O) groups excluding carboxylic acids is 1. The van der Waals surface area contributed by atoms with E-state index in [4.69, 9.17) is 4.74 Å². The van der Waals surface area contributed by atoms with Crippen LogP contribution in [0.15, 0.2) is 42.6 Å². The summed E-state index contributed by atoms with van der Waals surface area (Å²) in [6.45, 7) is 0. The van der Waals surface area contributed by atoms with Crippen LogP contribution in [0.5, 0.6) is 5.75 Å². The van der Waals surface area contributed by atoms with Crippen molar-refractivity contribution in [1.29, 1.82) is 0 Å². The summed E-state index contributed by atoms with van der Waals surface area (Å²) in [5, 5.41) is 0.733. The third kappa shape index (κ3) is 2.76. The van der Waals surface area contributed by atoms with E-state index in [2.05, 4.69) is 20.9 Å². The predicted octanol–water partition coefficient (Wildman–Crippen LogP) is 3.22. The van der Waals surface area contributed by atoms with E-state index in [1.54, 1.807) is 43.6 Å². The molecule has 2 aromatic rings. The molecule has 1 aromatic heterocycles. The van der Waals surface area contributed by atoms with Crippen molar-refractivity contribution in [3.05, 3.63) is 59.4 Å². The van der Waals surface area contributed by atoms with Crippen molar-refractivity contribution in [3.8, 4) is 5.75 Å². The highest BCUT2D eigenvalue weighted by Crippen LogP contribution is 2.14. The van der Waals surface area contributed by atoms with Crippen LogP contribution in [-0.4, -0.2) is 17.9 Å². The lowest BCUT2D eigenvalue weighted by atomic mass is 10.1. The van der Waals surface area contributed by atoms with E-state index in [9.17, 15) is 4.79 Å². The molecule has 0 bridgehead atoms. The van der Waals surface area contributed by atoms with Gasteiger partial charge in [0.15, 0.2) is 0 Å². The maximum atomic E-state index is 12.1. The van der Waals surface area contributed by atoms with Crippen LogP contribution in [0.2, 0.25) is 0 Å². The van der Waals surface area contributed by atoms with Gasteiger partial charge in [-0.15, -0.1) is 0 Å². The largest absolute Gasteiger partial charge is 0.497 e. The van der Waals surface area contributed by atoms with Crippen molar-refractivity contribution < 1.29 is 9.53 Å². The van der Waals surface area contributed by atoms with E-state index in [1.165, 1.54) is 0 Å².